The van der Waals surface area contributed by atoms with Crippen LogP contribution in [0.15, 0.2) is 109 Å². The Morgan fingerprint density at radius 3 is 1.09 bits per heavy atom. The smallest absolute Gasteiger partial charge is 0.0429 e. The highest BCUT2D eigenvalue weighted by molar-refractivity contribution is 5.68. The summed E-state index contributed by atoms with van der Waals surface area (Å²) in [4.78, 5) is 4.82. The molecule has 0 saturated carbocycles. The highest BCUT2D eigenvalue weighted by Crippen LogP contribution is 2.27. The molecule has 0 saturated heterocycles. The van der Waals surface area contributed by atoms with E-state index in [-0.39, 0.29) is 0 Å². The van der Waals surface area contributed by atoms with E-state index in [1.54, 1.807) is 0 Å². The summed E-state index contributed by atoms with van der Waals surface area (Å²) in [6, 6.07) is 39.2. The predicted octanol–water partition coefficient (Wildman–Crippen LogP) is 7.41. The van der Waals surface area contributed by atoms with Gasteiger partial charge in [0.1, 0.15) is 0 Å². The van der Waals surface area contributed by atoms with Gasteiger partial charge in [0.2, 0.25) is 0 Å². The maximum atomic E-state index is 2.41. The Bertz CT molecular complexity index is 980. The maximum Gasteiger partial charge on any atom is 0.0429 e. The molecule has 2 nitrogen and oxygen atoms in total. The summed E-state index contributed by atoms with van der Waals surface area (Å²) in [5.74, 6) is 0. The van der Waals surface area contributed by atoms with E-state index < -0.39 is 0 Å². The number of nitrogens with zero attached hydrogens (tertiary/aromatic N) is 2. The van der Waals surface area contributed by atoms with Gasteiger partial charge in [-0.2, -0.15) is 0 Å². The zero-order chi connectivity index (χ0) is 22.2. The third-order valence-electron chi connectivity index (χ3n) is 5.99. The number of benzene rings is 4. The van der Waals surface area contributed by atoms with Crippen LogP contribution in [0.2, 0.25) is 0 Å². The second-order valence-electron chi connectivity index (χ2n) is 8.09. The van der Waals surface area contributed by atoms with E-state index in [1.165, 1.54) is 33.6 Å². The molecule has 0 amide bonds. The van der Waals surface area contributed by atoms with Crippen LogP contribution in [-0.4, -0.2) is 13.1 Å². The van der Waals surface area contributed by atoms with Crippen molar-refractivity contribution in [3.63, 3.8) is 0 Å². The van der Waals surface area contributed by atoms with Gasteiger partial charge in [-0.3, -0.25) is 0 Å². The maximum absolute atomic E-state index is 2.41. The molecule has 0 aliphatic rings. The first kappa shape index (κ1) is 21.7. The van der Waals surface area contributed by atoms with Crippen LogP contribution in [0.4, 0.5) is 11.4 Å². The van der Waals surface area contributed by atoms with Gasteiger partial charge in [0.25, 0.3) is 0 Å². The average molecular weight is 421 g/mol. The summed E-state index contributed by atoms with van der Waals surface area (Å²) in [7, 11) is 0. The van der Waals surface area contributed by atoms with Gasteiger partial charge in [-0.15, -0.1) is 0 Å². The van der Waals surface area contributed by atoms with Crippen LogP contribution in [0.5, 0.6) is 0 Å². The lowest BCUT2D eigenvalue weighted by Crippen LogP contribution is -2.21. The molecule has 0 unspecified atom stereocenters. The van der Waals surface area contributed by atoms with Crippen molar-refractivity contribution in [2.24, 2.45) is 0 Å². The normalized spacial score (nSPS) is 10.7. The summed E-state index contributed by atoms with van der Waals surface area (Å²) in [6.45, 7) is 8.25. The Labute approximate surface area is 192 Å². The minimum Gasteiger partial charge on any atom is -0.367 e. The van der Waals surface area contributed by atoms with E-state index in [1.807, 2.05) is 0 Å². The second-order valence-corrected chi connectivity index (χ2v) is 8.09. The summed E-state index contributed by atoms with van der Waals surface area (Å²) < 4.78 is 0. The summed E-state index contributed by atoms with van der Waals surface area (Å²) in [5, 5.41) is 0. The third kappa shape index (κ3) is 5.39. The first-order valence-electron chi connectivity index (χ1n) is 11.5. The van der Waals surface area contributed by atoms with E-state index in [0.29, 0.717) is 0 Å². The van der Waals surface area contributed by atoms with Gasteiger partial charge in [-0.05, 0) is 60.4 Å². The summed E-state index contributed by atoms with van der Waals surface area (Å²) in [5.41, 5.74) is 7.70. The molecule has 0 aromatic heterocycles. The number of rotatable bonds is 9. The van der Waals surface area contributed by atoms with Crippen LogP contribution in [0.1, 0.15) is 25.0 Å². The van der Waals surface area contributed by atoms with E-state index in [2.05, 4.69) is 133 Å². The topological polar surface area (TPSA) is 6.48 Å². The van der Waals surface area contributed by atoms with Crippen molar-refractivity contribution in [3.05, 3.63) is 120 Å². The lowest BCUT2D eigenvalue weighted by molar-refractivity contribution is 0.832. The van der Waals surface area contributed by atoms with Gasteiger partial charge in [-0.25, -0.2) is 0 Å². The molecule has 0 atom stereocenters. The van der Waals surface area contributed by atoms with Crippen LogP contribution in [-0.2, 0) is 13.1 Å². The highest BCUT2D eigenvalue weighted by atomic mass is 15.1. The van der Waals surface area contributed by atoms with Crippen molar-refractivity contribution in [2.45, 2.75) is 26.9 Å². The van der Waals surface area contributed by atoms with E-state index >= 15 is 0 Å². The molecule has 0 aliphatic heterocycles. The van der Waals surface area contributed by atoms with Crippen molar-refractivity contribution in [3.8, 4) is 11.1 Å². The molecule has 4 rings (SSSR count). The van der Waals surface area contributed by atoms with E-state index in [0.717, 1.165) is 26.2 Å². The Hall–Kier alpha value is -3.52. The average Bonchev–Trinajstić information content (AvgIpc) is 2.87. The largest absolute Gasteiger partial charge is 0.367 e. The predicted molar refractivity (Wildman–Crippen MR) is 138 cm³/mol. The summed E-state index contributed by atoms with van der Waals surface area (Å²) >= 11 is 0. The van der Waals surface area contributed by atoms with Crippen LogP contribution in [0.25, 0.3) is 11.1 Å². The Morgan fingerprint density at radius 1 is 0.438 bits per heavy atom. The fourth-order valence-corrected chi connectivity index (χ4v) is 4.11. The molecular weight excluding hydrogens is 388 g/mol. The van der Waals surface area contributed by atoms with Crippen LogP contribution in [0.3, 0.4) is 0 Å². The molecule has 162 valence electrons. The number of hydrogen-bond donors (Lipinski definition) is 0. The number of anilines is 2. The minimum atomic E-state index is 0.930. The zero-order valence-electron chi connectivity index (χ0n) is 19.1. The van der Waals surface area contributed by atoms with Gasteiger partial charge in [-0.1, -0.05) is 84.9 Å². The second kappa shape index (κ2) is 10.7. The van der Waals surface area contributed by atoms with Crippen LogP contribution < -0.4 is 9.80 Å². The lowest BCUT2D eigenvalue weighted by atomic mass is 10.0. The van der Waals surface area contributed by atoms with Crippen molar-refractivity contribution in [1.82, 2.24) is 0 Å². The fourth-order valence-electron chi connectivity index (χ4n) is 4.11. The van der Waals surface area contributed by atoms with Gasteiger partial charge < -0.3 is 9.80 Å². The van der Waals surface area contributed by atoms with Crippen molar-refractivity contribution >= 4 is 11.4 Å². The minimum absolute atomic E-state index is 0.930. The standard InChI is InChI=1S/C30H32N2/c1-3-31(23-25-11-7-5-8-12-25)29-19-15-27(16-20-29)28-17-21-30(22-18-28)32(4-2)24-26-13-9-6-10-14-26/h5-22H,3-4,23-24H2,1-2H3. The number of hydrogen-bond acceptors (Lipinski definition) is 2. The molecule has 0 heterocycles. The van der Waals surface area contributed by atoms with Gasteiger partial charge in [0.15, 0.2) is 0 Å². The quantitative estimate of drug-likeness (QED) is 0.278. The van der Waals surface area contributed by atoms with Gasteiger partial charge >= 0.3 is 0 Å². The van der Waals surface area contributed by atoms with E-state index in [4.69, 9.17) is 0 Å². The fraction of sp³-hybridized carbons (Fsp3) is 0.200. The van der Waals surface area contributed by atoms with Crippen LogP contribution >= 0.6 is 0 Å². The van der Waals surface area contributed by atoms with Gasteiger partial charge in [0, 0.05) is 37.6 Å². The monoisotopic (exact) mass is 420 g/mol. The molecule has 0 bridgehead atoms. The van der Waals surface area contributed by atoms with Gasteiger partial charge in [0.05, 0.1) is 0 Å². The molecule has 0 fully saturated rings. The Morgan fingerprint density at radius 2 is 0.781 bits per heavy atom. The SMILES string of the molecule is CCN(Cc1ccccc1)c1ccc(-c2ccc(N(CC)Cc3ccccc3)cc2)cc1. The molecular formula is C30H32N2. The molecule has 0 aliphatic carbocycles. The van der Waals surface area contributed by atoms with Crippen LogP contribution in [0, 0.1) is 0 Å². The van der Waals surface area contributed by atoms with Crippen molar-refractivity contribution in [1.29, 1.82) is 0 Å². The van der Waals surface area contributed by atoms with Crippen molar-refractivity contribution < 1.29 is 0 Å². The first-order chi connectivity index (χ1) is 15.8. The van der Waals surface area contributed by atoms with Crippen molar-refractivity contribution in [2.75, 3.05) is 22.9 Å². The molecule has 0 N–H and O–H groups in total. The lowest BCUT2D eigenvalue weighted by Gasteiger charge is -2.24. The summed E-state index contributed by atoms with van der Waals surface area (Å²) in [6.07, 6.45) is 0. The Kier molecular flexibility index (Phi) is 7.24. The van der Waals surface area contributed by atoms with E-state index in [9.17, 15) is 0 Å². The third-order valence-corrected chi connectivity index (χ3v) is 5.99. The Balaban J connectivity index is 1.45. The molecule has 0 spiro atoms. The molecule has 4 aromatic carbocycles. The zero-order valence-corrected chi connectivity index (χ0v) is 19.1. The molecule has 4 aromatic rings. The molecule has 0 radical (unpaired) electrons. The molecule has 2 heteroatoms. The highest BCUT2D eigenvalue weighted by Gasteiger charge is 2.08. The molecule has 32 heavy (non-hydrogen) atoms. The first-order valence-corrected chi connectivity index (χ1v) is 11.5.